The van der Waals surface area contributed by atoms with Crippen molar-refractivity contribution in [1.82, 2.24) is 4.90 Å². The minimum absolute atomic E-state index is 0.0367. The summed E-state index contributed by atoms with van der Waals surface area (Å²) in [7, 11) is 0. The number of amides is 1. The molecule has 1 saturated heterocycles. The predicted molar refractivity (Wildman–Crippen MR) is 52.2 cm³/mol. The normalized spacial score (nSPS) is 21.0. The summed E-state index contributed by atoms with van der Waals surface area (Å²) in [4.78, 5) is 23.3. The molecule has 4 nitrogen and oxygen atoms in total. The summed E-state index contributed by atoms with van der Waals surface area (Å²) < 4.78 is 35.5. The van der Waals surface area contributed by atoms with Crippen LogP contribution in [0.1, 0.15) is 25.7 Å². The predicted octanol–water partition coefficient (Wildman–Crippen LogP) is 1.65. The number of nitrogens with zero attached hydrogens (tertiary/aromatic N) is 1. The van der Waals surface area contributed by atoms with Crippen LogP contribution in [-0.2, 0) is 9.59 Å². The number of alkyl halides is 3. The summed E-state index contributed by atoms with van der Waals surface area (Å²) >= 11 is 0. The number of rotatable bonds is 5. The molecule has 0 aliphatic carbocycles. The molecule has 0 spiro atoms. The molecule has 7 heteroatoms. The lowest BCUT2D eigenvalue weighted by molar-refractivity contribution is -0.141. The number of carbonyl (C=O) groups is 2. The maximum atomic E-state index is 11.8. The third kappa shape index (κ3) is 4.62. The highest BCUT2D eigenvalue weighted by molar-refractivity contribution is 5.86. The summed E-state index contributed by atoms with van der Waals surface area (Å²) in [6.45, 7) is 0.318. The lowest BCUT2D eigenvalue weighted by atomic mass is 10.1. The Morgan fingerprint density at radius 2 is 2.06 bits per heavy atom. The second-order valence-corrected chi connectivity index (χ2v) is 4.15. The number of carbonyl (C=O) groups excluding carboxylic acids is 1. The van der Waals surface area contributed by atoms with Gasteiger partial charge < -0.3 is 10.0 Å². The molecular weight excluding hydrogens is 239 g/mol. The van der Waals surface area contributed by atoms with Gasteiger partial charge in [0.05, 0.1) is 5.92 Å². The zero-order chi connectivity index (χ0) is 13.1. The highest BCUT2D eigenvalue weighted by atomic mass is 19.4. The summed E-state index contributed by atoms with van der Waals surface area (Å²) in [5.74, 6) is -2.04. The molecule has 1 unspecified atom stereocenters. The summed E-state index contributed by atoms with van der Waals surface area (Å²) in [6, 6.07) is 0. The molecule has 1 N–H and O–H groups in total. The average molecular weight is 253 g/mol. The Hall–Kier alpha value is -1.27. The highest BCUT2D eigenvalue weighted by Gasteiger charge is 2.34. The fraction of sp³-hybridized carbons (Fsp3) is 0.800. The first-order valence-electron chi connectivity index (χ1n) is 5.37. The van der Waals surface area contributed by atoms with E-state index in [1.807, 2.05) is 0 Å². The molecule has 1 aliphatic heterocycles. The lowest BCUT2D eigenvalue weighted by Crippen LogP contribution is -2.27. The van der Waals surface area contributed by atoms with Crippen LogP contribution in [0.4, 0.5) is 13.2 Å². The standard InChI is InChI=1S/C10H14F3NO3/c11-10(12,13)3-1-2-4-14-6-7(9(16)17)5-8(14)15/h7H,1-6H2,(H,16,17). The van der Waals surface area contributed by atoms with Crippen LogP contribution in [0.3, 0.4) is 0 Å². The van der Waals surface area contributed by atoms with E-state index in [9.17, 15) is 22.8 Å². The monoisotopic (exact) mass is 253 g/mol. The first-order valence-corrected chi connectivity index (χ1v) is 5.37. The van der Waals surface area contributed by atoms with Crippen molar-refractivity contribution < 1.29 is 27.9 Å². The van der Waals surface area contributed by atoms with Crippen molar-refractivity contribution in [3.63, 3.8) is 0 Å². The van der Waals surface area contributed by atoms with Gasteiger partial charge in [0.25, 0.3) is 0 Å². The van der Waals surface area contributed by atoms with Crippen LogP contribution in [0.5, 0.6) is 0 Å². The van der Waals surface area contributed by atoms with Crippen molar-refractivity contribution in [2.24, 2.45) is 5.92 Å². The van der Waals surface area contributed by atoms with Gasteiger partial charge in [-0.25, -0.2) is 0 Å². The number of unbranched alkanes of at least 4 members (excludes halogenated alkanes) is 1. The Labute approximate surface area is 96.4 Å². The quantitative estimate of drug-likeness (QED) is 0.758. The van der Waals surface area contributed by atoms with Gasteiger partial charge in [-0.1, -0.05) is 0 Å². The molecule has 0 aromatic carbocycles. The molecule has 1 rings (SSSR count). The maximum Gasteiger partial charge on any atom is 0.389 e. The summed E-state index contributed by atoms with van der Waals surface area (Å²) in [5.41, 5.74) is 0. The van der Waals surface area contributed by atoms with Crippen molar-refractivity contribution in [2.45, 2.75) is 31.9 Å². The molecule has 17 heavy (non-hydrogen) atoms. The van der Waals surface area contributed by atoms with E-state index >= 15 is 0 Å². The van der Waals surface area contributed by atoms with Crippen LogP contribution in [0.2, 0.25) is 0 Å². The Morgan fingerprint density at radius 3 is 2.53 bits per heavy atom. The smallest absolute Gasteiger partial charge is 0.389 e. The van der Waals surface area contributed by atoms with Gasteiger partial charge in [0.2, 0.25) is 5.91 Å². The van der Waals surface area contributed by atoms with Gasteiger partial charge in [0.1, 0.15) is 0 Å². The minimum atomic E-state index is -4.17. The van der Waals surface area contributed by atoms with E-state index in [4.69, 9.17) is 5.11 Å². The molecule has 1 fully saturated rings. The Kier molecular flexibility index (Phi) is 4.36. The second kappa shape index (κ2) is 5.37. The van der Waals surface area contributed by atoms with E-state index in [0.717, 1.165) is 0 Å². The fourth-order valence-electron chi connectivity index (χ4n) is 1.78. The molecule has 0 aromatic heterocycles. The molecule has 1 atom stereocenters. The molecule has 1 heterocycles. The van der Waals surface area contributed by atoms with Gasteiger partial charge in [-0.15, -0.1) is 0 Å². The van der Waals surface area contributed by atoms with Crippen molar-refractivity contribution >= 4 is 11.9 Å². The third-order valence-electron chi connectivity index (χ3n) is 2.70. The molecule has 0 aromatic rings. The van der Waals surface area contributed by atoms with Crippen LogP contribution in [-0.4, -0.2) is 41.1 Å². The van der Waals surface area contributed by atoms with Crippen LogP contribution < -0.4 is 0 Å². The third-order valence-corrected chi connectivity index (χ3v) is 2.70. The van der Waals surface area contributed by atoms with Crippen LogP contribution in [0.25, 0.3) is 0 Å². The van der Waals surface area contributed by atoms with Crippen LogP contribution in [0.15, 0.2) is 0 Å². The number of carboxylic acids is 1. The first kappa shape index (κ1) is 13.8. The lowest BCUT2D eigenvalue weighted by Gasteiger charge is -2.15. The van der Waals surface area contributed by atoms with E-state index in [2.05, 4.69) is 0 Å². The van der Waals surface area contributed by atoms with Crippen molar-refractivity contribution in [3.8, 4) is 0 Å². The minimum Gasteiger partial charge on any atom is -0.481 e. The van der Waals surface area contributed by atoms with Gasteiger partial charge in [0.15, 0.2) is 0 Å². The van der Waals surface area contributed by atoms with Crippen LogP contribution >= 0.6 is 0 Å². The zero-order valence-corrected chi connectivity index (χ0v) is 9.16. The molecule has 1 amide bonds. The van der Waals surface area contributed by atoms with Gasteiger partial charge in [-0.3, -0.25) is 9.59 Å². The van der Waals surface area contributed by atoms with E-state index in [1.54, 1.807) is 0 Å². The van der Waals surface area contributed by atoms with Crippen molar-refractivity contribution in [2.75, 3.05) is 13.1 Å². The fourth-order valence-corrected chi connectivity index (χ4v) is 1.78. The van der Waals surface area contributed by atoms with Crippen LogP contribution in [0, 0.1) is 5.92 Å². The van der Waals surface area contributed by atoms with E-state index < -0.39 is 24.5 Å². The number of hydrogen-bond donors (Lipinski definition) is 1. The largest absolute Gasteiger partial charge is 0.481 e. The SMILES string of the molecule is O=C(O)C1CC(=O)N(CCCCC(F)(F)F)C1. The first-order chi connectivity index (χ1) is 7.79. The number of halogens is 3. The van der Waals surface area contributed by atoms with Gasteiger partial charge in [0, 0.05) is 25.9 Å². The number of likely N-dealkylation sites (tertiary alicyclic amines) is 1. The van der Waals surface area contributed by atoms with E-state index in [1.165, 1.54) is 4.90 Å². The Bertz CT molecular complexity index is 304. The van der Waals surface area contributed by atoms with Gasteiger partial charge in [-0.2, -0.15) is 13.2 Å². The topological polar surface area (TPSA) is 57.6 Å². The Morgan fingerprint density at radius 1 is 1.41 bits per heavy atom. The van der Waals surface area contributed by atoms with Crippen molar-refractivity contribution in [1.29, 1.82) is 0 Å². The molecule has 98 valence electrons. The zero-order valence-electron chi connectivity index (χ0n) is 9.16. The highest BCUT2D eigenvalue weighted by Crippen LogP contribution is 2.23. The summed E-state index contributed by atoms with van der Waals surface area (Å²) in [5, 5.41) is 8.70. The number of aliphatic carboxylic acids is 1. The van der Waals surface area contributed by atoms with Crippen molar-refractivity contribution in [3.05, 3.63) is 0 Å². The molecular formula is C10H14F3NO3. The maximum absolute atomic E-state index is 11.8. The Balaban J connectivity index is 2.24. The van der Waals surface area contributed by atoms with Gasteiger partial charge >= 0.3 is 12.1 Å². The molecule has 0 bridgehead atoms. The molecule has 0 radical (unpaired) electrons. The molecule has 1 aliphatic rings. The number of hydrogen-bond acceptors (Lipinski definition) is 2. The molecule has 0 saturated carbocycles. The average Bonchev–Trinajstić information content (AvgIpc) is 2.54. The second-order valence-electron chi connectivity index (χ2n) is 4.15. The van der Waals surface area contributed by atoms with Gasteiger partial charge in [-0.05, 0) is 12.8 Å². The van der Waals surface area contributed by atoms with E-state index in [-0.39, 0.29) is 38.3 Å². The van der Waals surface area contributed by atoms with E-state index in [0.29, 0.717) is 0 Å². The summed E-state index contributed by atoms with van der Waals surface area (Å²) in [6.07, 6.45) is -4.87. The number of carboxylic acid groups (broad SMARTS) is 1.